The monoisotopic (exact) mass is 214 g/mol. The lowest BCUT2D eigenvalue weighted by Crippen LogP contribution is -2.26. The summed E-state index contributed by atoms with van der Waals surface area (Å²) >= 11 is 5.67. The summed E-state index contributed by atoms with van der Waals surface area (Å²) in [6, 6.07) is 1.95. The zero-order chi connectivity index (χ0) is 9.97. The highest BCUT2D eigenvalue weighted by molar-refractivity contribution is 6.30. The summed E-state index contributed by atoms with van der Waals surface area (Å²) in [6.07, 6.45) is 5.04. The molecule has 0 saturated carbocycles. The largest absolute Gasteiger partial charge is 0.310 e. The molecule has 76 valence electrons. The highest BCUT2D eigenvalue weighted by atomic mass is 35.5. The molecule has 14 heavy (non-hydrogen) atoms. The van der Waals surface area contributed by atoms with Crippen LogP contribution in [0.4, 0.5) is 4.39 Å². The fraction of sp³-hybridized carbons (Fsp3) is 0.500. The molecule has 1 N–H and O–H groups in total. The van der Waals surface area contributed by atoms with Gasteiger partial charge in [0.2, 0.25) is 5.95 Å². The molecule has 1 aromatic rings. The van der Waals surface area contributed by atoms with Gasteiger partial charge in [-0.3, -0.25) is 0 Å². The third kappa shape index (κ3) is 2.04. The molecule has 2 heterocycles. The lowest BCUT2D eigenvalue weighted by Gasteiger charge is -2.23. The minimum absolute atomic E-state index is 0.106. The van der Waals surface area contributed by atoms with Crippen molar-refractivity contribution in [3.8, 4) is 0 Å². The van der Waals surface area contributed by atoms with E-state index in [1.807, 2.05) is 0 Å². The maximum atomic E-state index is 12.8. The van der Waals surface area contributed by atoms with Gasteiger partial charge >= 0.3 is 0 Å². The van der Waals surface area contributed by atoms with Crippen molar-refractivity contribution in [1.29, 1.82) is 0 Å². The van der Waals surface area contributed by atoms with Crippen LogP contribution in [-0.4, -0.2) is 11.5 Å². The van der Waals surface area contributed by atoms with Crippen LogP contribution in [0, 0.1) is 5.95 Å². The summed E-state index contributed by atoms with van der Waals surface area (Å²) in [5.74, 6) is -0.591. The Balaban J connectivity index is 2.18. The molecule has 0 aromatic carbocycles. The van der Waals surface area contributed by atoms with Crippen LogP contribution in [0.5, 0.6) is 0 Å². The van der Waals surface area contributed by atoms with Crippen LogP contribution in [0.25, 0.3) is 0 Å². The van der Waals surface area contributed by atoms with Crippen molar-refractivity contribution in [2.45, 2.75) is 25.3 Å². The van der Waals surface area contributed by atoms with Crippen LogP contribution in [0.3, 0.4) is 0 Å². The fourth-order valence-corrected chi connectivity index (χ4v) is 1.94. The Labute approximate surface area is 87.5 Å². The standard InChI is InChI=1S/C10H12ClFN2/c11-8-5-7(6-14-10(8)12)9-3-1-2-4-13-9/h5-6,9,13H,1-4H2. The van der Waals surface area contributed by atoms with E-state index < -0.39 is 5.95 Å². The maximum Gasteiger partial charge on any atom is 0.231 e. The highest BCUT2D eigenvalue weighted by Gasteiger charge is 2.16. The van der Waals surface area contributed by atoms with E-state index in [9.17, 15) is 4.39 Å². The molecule has 1 saturated heterocycles. The van der Waals surface area contributed by atoms with Gasteiger partial charge in [-0.2, -0.15) is 4.39 Å². The number of halogens is 2. The first kappa shape index (κ1) is 9.87. The van der Waals surface area contributed by atoms with E-state index in [1.165, 1.54) is 12.8 Å². The second-order valence-corrected chi connectivity index (χ2v) is 3.95. The van der Waals surface area contributed by atoms with Crippen LogP contribution in [0.15, 0.2) is 12.3 Å². The van der Waals surface area contributed by atoms with Crippen molar-refractivity contribution >= 4 is 11.6 Å². The number of hydrogen-bond donors (Lipinski definition) is 1. The Bertz CT molecular complexity index is 324. The maximum absolute atomic E-state index is 12.8. The molecule has 1 aliphatic rings. The topological polar surface area (TPSA) is 24.9 Å². The zero-order valence-electron chi connectivity index (χ0n) is 7.76. The SMILES string of the molecule is Fc1ncc(C2CCCCN2)cc1Cl. The van der Waals surface area contributed by atoms with E-state index in [-0.39, 0.29) is 11.1 Å². The third-order valence-electron chi connectivity index (χ3n) is 2.53. The van der Waals surface area contributed by atoms with Gasteiger partial charge in [0.05, 0.1) is 5.02 Å². The highest BCUT2D eigenvalue weighted by Crippen LogP contribution is 2.24. The summed E-state index contributed by atoms with van der Waals surface area (Å²) in [7, 11) is 0. The summed E-state index contributed by atoms with van der Waals surface area (Å²) in [6.45, 7) is 1.01. The number of rotatable bonds is 1. The van der Waals surface area contributed by atoms with Crippen molar-refractivity contribution < 1.29 is 4.39 Å². The zero-order valence-corrected chi connectivity index (χ0v) is 8.52. The van der Waals surface area contributed by atoms with Crippen LogP contribution < -0.4 is 5.32 Å². The number of hydrogen-bond acceptors (Lipinski definition) is 2. The van der Waals surface area contributed by atoms with E-state index >= 15 is 0 Å². The molecule has 1 unspecified atom stereocenters. The molecule has 1 atom stereocenters. The second-order valence-electron chi connectivity index (χ2n) is 3.54. The van der Waals surface area contributed by atoms with Crippen molar-refractivity contribution in [2.24, 2.45) is 0 Å². The van der Waals surface area contributed by atoms with Gasteiger partial charge in [0.25, 0.3) is 0 Å². The average Bonchev–Trinajstić information content (AvgIpc) is 2.23. The van der Waals surface area contributed by atoms with E-state index in [0.717, 1.165) is 18.5 Å². The molecule has 0 aliphatic carbocycles. The van der Waals surface area contributed by atoms with Gasteiger partial charge in [0, 0.05) is 12.2 Å². The Hall–Kier alpha value is -0.670. The van der Waals surface area contributed by atoms with Crippen LogP contribution in [0.1, 0.15) is 30.9 Å². The first-order chi connectivity index (χ1) is 6.77. The minimum atomic E-state index is -0.591. The number of nitrogens with zero attached hydrogens (tertiary/aromatic N) is 1. The van der Waals surface area contributed by atoms with Crippen LogP contribution in [-0.2, 0) is 0 Å². The number of aromatic nitrogens is 1. The average molecular weight is 215 g/mol. The molecule has 1 fully saturated rings. The van der Waals surface area contributed by atoms with Crippen molar-refractivity contribution in [3.63, 3.8) is 0 Å². The molecule has 1 aromatic heterocycles. The third-order valence-corrected chi connectivity index (χ3v) is 2.80. The van der Waals surface area contributed by atoms with Gasteiger partial charge in [0.15, 0.2) is 0 Å². The predicted molar refractivity (Wildman–Crippen MR) is 53.8 cm³/mol. The number of piperidine rings is 1. The van der Waals surface area contributed by atoms with Crippen molar-refractivity contribution in [3.05, 3.63) is 28.8 Å². The Morgan fingerprint density at radius 2 is 2.36 bits per heavy atom. The van der Waals surface area contributed by atoms with Gasteiger partial charge in [-0.25, -0.2) is 4.98 Å². The van der Waals surface area contributed by atoms with E-state index in [4.69, 9.17) is 11.6 Å². The van der Waals surface area contributed by atoms with Crippen LogP contribution >= 0.6 is 11.6 Å². The minimum Gasteiger partial charge on any atom is -0.310 e. The number of pyridine rings is 1. The molecule has 0 radical (unpaired) electrons. The molecule has 0 bridgehead atoms. The summed E-state index contributed by atoms with van der Waals surface area (Å²) in [4.78, 5) is 3.62. The van der Waals surface area contributed by atoms with Crippen molar-refractivity contribution in [1.82, 2.24) is 10.3 Å². The predicted octanol–water partition coefficient (Wildman–Crippen LogP) is 2.69. The summed E-state index contributed by atoms with van der Waals surface area (Å²) in [5.41, 5.74) is 0.983. The molecule has 2 rings (SSSR count). The van der Waals surface area contributed by atoms with Gasteiger partial charge in [-0.1, -0.05) is 18.0 Å². The summed E-state index contributed by atoms with van der Waals surface area (Å²) < 4.78 is 12.8. The quantitative estimate of drug-likeness (QED) is 0.728. The first-order valence-corrected chi connectivity index (χ1v) is 5.19. The smallest absolute Gasteiger partial charge is 0.231 e. The lowest BCUT2D eigenvalue weighted by atomic mass is 9.99. The molecular weight excluding hydrogens is 203 g/mol. The van der Waals surface area contributed by atoms with Crippen LogP contribution in [0.2, 0.25) is 5.02 Å². The molecule has 0 spiro atoms. The molecular formula is C10H12ClFN2. The fourth-order valence-electron chi connectivity index (χ4n) is 1.76. The Morgan fingerprint density at radius 3 is 3.00 bits per heavy atom. The molecule has 2 nitrogen and oxygen atoms in total. The normalized spacial score (nSPS) is 22.3. The number of nitrogens with one attached hydrogen (secondary N) is 1. The second kappa shape index (κ2) is 4.24. The summed E-state index contributed by atoms with van der Waals surface area (Å²) in [5, 5.41) is 3.47. The van der Waals surface area contributed by atoms with E-state index in [2.05, 4.69) is 10.3 Å². The van der Waals surface area contributed by atoms with Gasteiger partial charge < -0.3 is 5.32 Å². The van der Waals surface area contributed by atoms with Crippen molar-refractivity contribution in [2.75, 3.05) is 6.54 Å². The lowest BCUT2D eigenvalue weighted by molar-refractivity contribution is 0.410. The Kier molecular flexibility index (Phi) is 2.99. The molecule has 0 amide bonds. The first-order valence-electron chi connectivity index (χ1n) is 4.81. The molecule has 1 aliphatic heterocycles. The van der Waals surface area contributed by atoms with E-state index in [0.29, 0.717) is 0 Å². The molecule has 4 heteroatoms. The van der Waals surface area contributed by atoms with Gasteiger partial charge in [-0.15, -0.1) is 0 Å². The van der Waals surface area contributed by atoms with E-state index in [1.54, 1.807) is 12.3 Å². The van der Waals surface area contributed by atoms with Gasteiger partial charge in [-0.05, 0) is 31.0 Å². The van der Waals surface area contributed by atoms with Gasteiger partial charge in [0.1, 0.15) is 0 Å². The Morgan fingerprint density at radius 1 is 1.50 bits per heavy atom.